The van der Waals surface area contributed by atoms with E-state index in [0.717, 1.165) is 16.4 Å². The van der Waals surface area contributed by atoms with Crippen molar-refractivity contribution < 1.29 is 0 Å². The number of nitrogens with zero attached hydrogens (tertiary/aromatic N) is 2. The SMILES string of the molecule is CCN(Sc1nc2c(C)cccc2s1)C(C)(C)C. The molecule has 2 rings (SSSR count). The van der Waals surface area contributed by atoms with Gasteiger partial charge in [0.15, 0.2) is 4.34 Å². The third-order valence-corrected chi connectivity index (χ3v) is 5.39. The lowest BCUT2D eigenvalue weighted by atomic mass is 10.1. The summed E-state index contributed by atoms with van der Waals surface area (Å²) >= 11 is 3.55. The van der Waals surface area contributed by atoms with Crippen molar-refractivity contribution in [2.45, 2.75) is 44.5 Å². The van der Waals surface area contributed by atoms with Gasteiger partial charge in [-0.2, -0.15) is 0 Å². The molecule has 1 heterocycles. The van der Waals surface area contributed by atoms with Crippen LogP contribution in [-0.2, 0) is 0 Å². The zero-order chi connectivity index (χ0) is 13.3. The molecule has 0 amide bonds. The van der Waals surface area contributed by atoms with Crippen LogP contribution in [-0.4, -0.2) is 21.4 Å². The molecule has 0 saturated carbocycles. The van der Waals surface area contributed by atoms with Crippen molar-refractivity contribution in [1.82, 2.24) is 9.29 Å². The summed E-state index contributed by atoms with van der Waals surface area (Å²) < 4.78 is 4.79. The van der Waals surface area contributed by atoms with E-state index in [1.165, 1.54) is 10.3 Å². The average molecular weight is 280 g/mol. The van der Waals surface area contributed by atoms with Crippen LogP contribution in [0.1, 0.15) is 33.3 Å². The van der Waals surface area contributed by atoms with E-state index >= 15 is 0 Å². The molecule has 2 aromatic rings. The van der Waals surface area contributed by atoms with Crippen molar-refractivity contribution in [3.63, 3.8) is 0 Å². The Kier molecular flexibility index (Phi) is 3.99. The van der Waals surface area contributed by atoms with Crippen LogP contribution in [0.3, 0.4) is 0 Å². The van der Waals surface area contributed by atoms with Gasteiger partial charge in [-0.15, -0.1) is 11.3 Å². The molecule has 1 aromatic heterocycles. The summed E-state index contributed by atoms with van der Waals surface area (Å²) in [6.45, 7) is 12.0. The maximum atomic E-state index is 4.75. The highest BCUT2D eigenvalue weighted by molar-refractivity contribution is 7.99. The molecule has 1 aromatic carbocycles. The fraction of sp³-hybridized carbons (Fsp3) is 0.500. The van der Waals surface area contributed by atoms with E-state index in [1.54, 1.807) is 23.3 Å². The Bertz CT molecular complexity index is 540. The number of thiazole rings is 1. The maximum absolute atomic E-state index is 4.75. The number of fused-ring (bicyclic) bond motifs is 1. The fourth-order valence-electron chi connectivity index (χ4n) is 1.87. The number of benzene rings is 1. The normalized spacial score (nSPS) is 12.6. The highest BCUT2D eigenvalue weighted by Crippen LogP contribution is 2.35. The number of hydrogen-bond acceptors (Lipinski definition) is 4. The van der Waals surface area contributed by atoms with Crippen molar-refractivity contribution >= 4 is 33.5 Å². The van der Waals surface area contributed by atoms with Crippen LogP contribution in [0.5, 0.6) is 0 Å². The lowest BCUT2D eigenvalue weighted by molar-refractivity contribution is 0.285. The number of para-hydroxylation sites is 1. The number of aromatic nitrogens is 1. The highest BCUT2D eigenvalue weighted by Gasteiger charge is 2.22. The monoisotopic (exact) mass is 280 g/mol. The third kappa shape index (κ3) is 2.87. The van der Waals surface area contributed by atoms with Gasteiger partial charge in [0.1, 0.15) is 0 Å². The van der Waals surface area contributed by atoms with E-state index in [0.29, 0.717) is 0 Å². The number of aryl methyl sites for hydroxylation is 1. The van der Waals surface area contributed by atoms with E-state index in [4.69, 9.17) is 4.98 Å². The van der Waals surface area contributed by atoms with Crippen LogP contribution >= 0.6 is 23.3 Å². The van der Waals surface area contributed by atoms with Gasteiger partial charge in [0, 0.05) is 12.1 Å². The summed E-state index contributed by atoms with van der Waals surface area (Å²) in [7, 11) is 0. The summed E-state index contributed by atoms with van der Waals surface area (Å²) in [5, 5.41) is 0. The van der Waals surface area contributed by atoms with Crippen molar-refractivity contribution in [3.8, 4) is 0 Å². The molecular weight excluding hydrogens is 260 g/mol. The van der Waals surface area contributed by atoms with E-state index in [-0.39, 0.29) is 5.54 Å². The van der Waals surface area contributed by atoms with Gasteiger partial charge in [-0.1, -0.05) is 19.1 Å². The van der Waals surface area contributed by atoms with Gasteiger partial charge in [0.25, 0.3) is 0 Å². The van der Waals surface area contributed by atoms with Gasteiger partial charge in [0.2, 0.25) is 0 Å². The largest absolute Gasteiger partial charge is 0.239 e. The molecule has 0 atom stereocenters. The van der Waals surface area contributed by atoms with E-state index < -0.39 is 0 Å². The van der Waals surface area contributed by atoms with Crippen molar-refractivity contribution in [2.24, 2.45) is 0 Å². The van der Waals surface area contributed by atoms with Crippen LogP contribution in [0, 0.1) is 6.92 Å². The van der Waals surface area contributed by atoms with Crippen LogP contribution < -0.4 is 0 Å². The zero-order valence-electron chi connectivity index (χ0n) is 11.7. The van der Waals surface area contributed by atoms with E-state index in [2.05, 4.69) is 57.1 Å². The van der Waals surface area contributed by atoms with Crippen LogP contribution in [0.15, 0.2) is 22.5 Å². The van der Waals surface area contributed by atoms with E-state index in [1.807, 2.05) is 0 Å². The lowest BCUT2D eigenvalue weighted by Gasteiger charge is -2.32. The minimum absolute atomic E-state index is 0.159. The molecular formula is C14H20N2S2. The Labute approximate surface area is 118 Å². The summed E-state index contributed by atoms with van der Waals surface area (Å²) in [6.07, 6.45) is 0. The molecule has 0 aliphatic rings. The van der Waals surface area contributed by atoms with Gasteiger partial charge >= 0.3 is 0 Å². The number of rotatable bonds is 3. The quantitative estimate of drug-likeness (QED) is 0.756. The molecule has 0 radical (unpaired) electrons. The van der Waals surface area contributed by atoms with Gasteiger partial charge in [-0.25, -0.2) is 9.29 Å². The average Bonchev–Trinajstić information content (AvgIpc) is 2.68. The Hall–Kier alpha value is -0.580. The Morgan fingerprint density at radius 2 is 2.06 bits per heavy atom. The molecule has 0 N–H and O–H groups in total. The summed E-state index contributed by atoms with van der Waals surface area (Å²) in [5.41, 5.74) is 2.57. The van der Waals surface area contributed by atoms with Crippen LogP contribution in [0.4, 0.5) is 0 Å². The predicted octanol–water partition coefficient (Wildman–Crippen LogP) is 4.73. The number of hydrogen-bond donors (Lipinski definition) is 0. The van der Waals surface area contributed by atoms with Crippen molar-refractivity contribution in [3.05, 3.63) is 23.8 Å². The topological polar surface area (TPSA) is 16.1 Å². The maximum Gasteiger partial charge on any atom is 0.166 e. The molecule has 0 saturated heterocycles. The van der Waals surface area contributed by atoms with Crippen LogP contribution in [0.2, 0.25) is 0 Å². The molecule has 0 aliphatic heterocycles. The summed E-state index contributed by atoms with van der Waals surface area (Å²) in [4.78, 5) is 4.75. The Balaban J connectivity index is 2.29. The first-order valence-corrected chi connectivity index (χ1v) is 7.82. The van der Waals surface area contributed by atoms with E-state index in [9.17, 15) is 0 Å². The first-order chi connectivity index (χ1) is 8.41. The van der Waals surface area contributed by atoms with Crippen molar-refractivity contribution in [1.29, 1.82) is 0 Å². The third-order valence-electron chi connectivity index (χ3n) is 2.82. The van der Waals surface area contributed by atoms with Gasteiger partial charge in [0.05, 0.1) is 10.2 Å². The van der Waals surface area contributed by atoms with Gasteiger partial charge in [-0.05, 0) is 51.3 Å². The fourth-order valence-corrected chi connectivity index (χ4v) is 4.06. The molecule has 2 nitrogen and oxygen atoms in total. The second kappa shape index (κ2) is 5.19. The summed E-state index contributed by atoms with van der Waals surface area (Å²) in [5.74, 6) is 0. The minimum Gasteiger partial charge on any atom is -0.239 e. The minimum atomic E-state index is 0.159. The van der Waals surface area contributed by atoms with Crippen molar-refractivity contribution in [2.75, 3.05) is 6.54 Å². The molecule has 0 aliphatic carbocycles. The van der Waals surface area contributed by atoms with Gasteiger partial charge < -0.3 is 0 Å². The standard InChI is InChI=1S/C14H20N2S2/c1-6-16(14(3,4)5)18-13-15-12-10(2)8-7-9-11(12)17-13/h7-9H,6H2,1-5H3. The summed E-state index contributed by atoms with van der Waals surface area (Å²) in [6, 6.07) is 6.38. The predicted molar refractivity (Wildman–Crippen MR) is 82.3 cm³/mol. The highest BCUT2D eigenvalue weighted by atomic mass is 32.2. The lowest BCUT2D eigenvalue weighted by Crippen LogP contribution is -2.35. The van der Waals surface area contributed by atoms with Crippen LogP contribution in [0.25, 0.3) is 10.2 Å². The molecule has 4 heteroatoms. The molecule has 0 fully saturated rings. The first kappa shape index (κ1) is 13.8. The Morgan fingerprint density at radius 3 is 2.61 bits per heavy atom. The molecule has 0 unspecified atom stereocenters. The van der Waals surface area contributed by atoms with Gasteiger partial charge in [-0.3, -0.25) is 0 Å². The molecule has 0 bridgehead atoms. The second-order valence-electron chi connectivity index (χ2n) is 5.36. The molecule has 18 heavy (non-hydrogen) atoms. The molecule has 98 valence electrons. The Morgan fingerprint density at radius 1 is 1.33 bits per heavy atom. The zero-order valence-corrected chi connectivity index (χ0v) is 13.3. The smallest absolute Gasteiger partial charge is 0.166 e. The molecule has 0 spiro atoms. The first-order valence-electron chi connectivity index (χ1n) is 6.23. The second-order valence-corrected chi connectivity index (χ2v) is 7.66.